The monoisotopic (exact) mass is 414 g/mol. The lowest BCUT2D eigenvalue weighted by molar-refractivity contribution is -0.120. The van der Waals surface area contributed by atoms with Gasteiger partial charge in [0, 0.05) is 50.0 Å². The van der Waals surface area contributed by atoms with Crippen molar-refractivity contribution in [2.75, 3.05) is 44.2 Å². The van der Waals surface area contributed by atoms with E-state index in [1.54, 1.807) is 17.0 Å². The van der Waals surface area contributed by atoms with Gasteiger partial charge in [0.15, 0.2) is 0 Å². The van der Waals surface area contributed by atoms with Crippen molar-refractivity contribution in [1.82, 2.24) is 9.80 Å². The topological polar surface area (TPSA) is 50.6 Å². The van der Waals surface area contributed by atoms with E-state index in [4.69, 9.17) is 16.9 Å². The average Bonchev–Trinajstić information content (AvgIpc) is 2.73. The lowest BCUT2D eigenvalue weighted by Crippen LogP contribution is -2.50. The third kappa shape index (κ3) is 6.26. The van der Waals surface area contributed by atoms with Crippen molar-refractivity contribution in [3.63, 3.8) is 0 Å². The minimum atomic E-state index is -0.349. The summed E-state index contributed by atoms with van der Waals surface area (Å²) in [5.74, 6) is -0.420. The van der Waals surface area contributed by atoms with Crippen LogP contribution in [0.3, 0.4) is 0 Å². The summed E-state index contributed by atoms with van der Waals surface area (Å²) in [4.78, 5) is 18.9. The van der Waals surface area contributed by atoms with E-state index in [0.29, 0.717) is 12.2 Å². The van der Waals surface area contributed by atoms with E-state index in [9.17, 15) is 9.18 Å². The first-order chi connectivity index (χ1) is 14.0. The third-order valence-electron chi connectivity index (χ3n) is 5.03. The number of carbonyl (C=O) groups is 1. The van der Waals surface area contributed by atoms with Gasteiger partial charge in [0.25, 0.3) is 0 Å². The SMILES string of the molecule is N#CCCN(C(=O)CN1CCN(Cc2ccc(Cl)cc2)CC1)c1ccc(F)cc1. The molecule has 1 fully saturated rings. The van der Waals surface area contributed by atoms with Gasteiger partial charge in [-0.15, -0.1) is 0 Å². The lowest BCUT2D eigenvalue weighted by Gasteiger charge is -2.35. The third-order valence-corrected chi connectivity index (χ3v) is 5.28. The fraction of sp³-hybridized carbons (Fsp3) is 0.364. The number of rotatable bonds is 7. The van der Waals surface area contributed by atoms with Gasteiger partial charge in [-0.1, -0.05) is 23.7 Å². The van der Waals surface area contributed by atoms with Gasteiger partial charge in [-0.05, 0) is 42.0 Å². The second-order valence-electron chi connectivity index (χ2n) is 7.11. The normalized spacial score (nSPS) is 15.1. The molecule has 0 saturated carbocycles. The molecule has 0 aliphatic carbocycles. The van der Waals surface area contributed by atoms with Gasteiger partial charge in [-0.2, -0.15) is 5.26 Å². The molecule has 0 spiro atoms. The molecule has 0 bridgehead atoms. The zero-order chi connectivity index (χ0) is 20.6. The van der Waals surface area contributed by atoms with Crippen LogP contribution in [0.25, 0.3) is 0 Å². The first kappa shape index (κ1) is 21.3. The fourth-order valence-electron chi connectivity index (χ4n) is 3.41. The number of carbonyl (C=O) groups excluding carboxylic acids is 1. The van der Waals surface area contributed by atoms with Crippen LogP contribution in [0, 0.1) is 17.1 Å². The molecule has 0 radical (unpaired) electrons. The number of piperazine rings is 1. The molecular formula is C22H24ClFN4O. The second kappa shape index (κ2) is 10.4. The maximum Gasteiger partial charge on any atom is 0.241 e. The van der Waals surface area contributed by atoms with Crippen LogP contribution >= 0.6 is 11.6 Å². The van der Waals surface area contributed by atoms with Gasteiger partial charge in [0.05, 0.1) is 19.0 Å². The highest BCUT2D eigenvalue weighted by molar-refractivity contribution is 6.30. The Kier molecular flexibility index (Phi) is 7.59. The highest BCUT2D eigenvalue weighted by Gasteiger charge is 2.22. The van der Waals surface area contributed by atoms with E-state index in [0.717, 1.165) is 37.7 Å². The van der Waals surface area contributed by atoms with Gasteiger partial charge in [-0.3, -0.25) is 14.6 Å². The zero-order valence-electron chi connectivity index (χ0n) is 16.2. The summed E-state index contributed by atoms with van der Waals surface area (Å²) in [7, 11) is 0. The predicted molar refractivity (Wildman–Crippen MR) is 112 cm³/mol. The molecule has 1 saturated heterocycles. The smallest absolute Gasteiger partial charge is 0.241 e. The second-order valence-corrected chi connectivity index (χ2v) is 7.55. The molecule has 29 heavy (non-hydrogen) atoms. The predicted octanol–water partition coefficient (Wildman–Crippen LogP) is 3.54. The molecule has 1 amide bonds. The van der Waals surface area contributed by atoms with E-state index in [1.165, 1.54) is 17.7 Å². The Morgan fingerprint density at radius 3 is 2.28 bits per heavy atom. The molecule has 0 unspecified atom stereocenters. The van der Waals surface area contributed by atoms with Crippen LogP contribution in [-0.2, 0) is 11.3 Å². The lowest BCUT2D eigenvalue weighted by atomic mass is 10.2. The number of anilines is 1. The Labute approximate surface area is 175 Å². The molecule has 0 N–H and O–H groups in total. The van der Waals surface area contributed by atoms with Crippen molar-refractivity contribution in [1.29, 1.82) is 5.26 Å². The Bertz CT molecular complexity index is 843. The number of nitrogens with zero attached hydrogens (tertiary/aromatic N) is 4. The number of benzene rings is 2. The van der Waals surface area contributed by atoms with Gasteiger partial charge >= 0.3 is 0 Å². The molecule has 5 nitrogen and oxygen atoms in total. The Morgan fingerprint density at radius 2 is 1.66 bits per heavy atom. The van der Waals surface area contributed by atoms with Gasteiger partial charge in [0.1, 0.15) is 5.82 Å². The van der Waals surface area contributed by atoms with Gasteiger partial charge < -0.3 is 4.90 Å². The minimum absolute atomic E-state index is 0.0713. The standard InChI is InChI=1S/C22H24ClFN4O/c23-19-4-2-18(3-5-19)16-26-12-14-27(15-13-26)17-22(29)28(11-1-10-25)21-8-6-20(24)7-9-21/h2-9H,1,11-17H2. The molecule has 3 rings (SSSR count). The summed E-state index contributed by atoms with van der Waals surface area (Å²) in [6, 6.07) is 15.8. The number of hydrogen-bond acceptors (Lipinski definition) is 4. The highest BCUT2D eigenvalue weighted by atomic mass is 35.5. The van der Waals surface area contributed by atoms with Crippen LogP contribution in [0.5, 0.6) is 0 Å². The number of halogens is 2. The maximum atomic E-state index is 13.2. The molecule has 2 aromatic carbocycles. The molecule has 1 aliphatic rings. The largest absolute Gasteiger partial charge is 0.310 e. The average molecular weight is 415 g/mol. The minimum Gasteiger partial charge on any atom is -0.310 e. The molecule has 1 aliphatic heterocycles. The first-order valence-electron chi connectivity index (χ1n) is 9.67. The highest BCUT2D eigenvalue weighted by Crippen LogP contribution is 2.17. The summed E-state index contributed by atoms with van der Waals surface area (Å²) in [6.45, 7) is 4.82. The summed E-state index contributed by atoms with van der Waals surface area (Å²) in [5, 5.41) is 9.64. The Balaban J connectivity index is 1.53. The van der Waals surface area contributed by atoms with E-state index >= 15 is 0 Å². The van der Waals surface area contributed by atoms with Crippen LogP contribution in [0.2, 0.25) is 5.02 Å². The summed E-state index contributed by atoms with van der Waals surface area (Å²) in [6.07, 6.45) is 0.234. The van der Waals surface area contributed by atoms with Gasteiger partial charge in [0.2, 0.25) is 5.91 Å². The van der Waals surface area contributed by atoms with Crippen LogP contribution in [0.1, 0.15) is 12.0 Å². The van der Waals surface area contributed by atoms with Crippen molar-refractivity contribution < 1.29 is 9.18 Å². The van der Waals surface area contributed by atoms with Crippen molar-refractivity contribution in [2.45, 2.75) is 13.0 Å². The maximum absolute atomic E-state index is 13.2. The quantitative estimate of drug-likeness (QED) is 0.695. The summed E-state index contributed by atoms with van der Waals surface area (Å²) >= 11 is 5.94. The molecule has 2 aromatic rings. The summed E-state index contributed by atoms with van der Waals surface area (Å²) < 4.78 is 13.2. The van der Waals surface area contributed by atoms with Crippen LogP contribution < -0.4 is 4.90 Å². The van der Waals surface area contributed by atoms with Crippen molar-refractivity contribution in [3.8, 4) is 6.07 Å². The van der Waals surface area contributed by atoms with Crippen LogP contribution in [-0.4, -0.2) is 55.0 Å². The van der Waals surface area contributed by atoms with E-state index in [2.05, 4.69) is 15.9 Å². The van der Waals surface area contributed by atoms with Crippen molar-refractivity contribution in [3.05, 3.63) is 64.9 Å². The Hall–Kier alpha value is -2.46. The van der Waals surface area contributed by atoms with E-state index in [-0.39, 0.29) is 24.7 Å². The van der Waals surface area contributed by atoms with Crippen LogP contribution in [0.15, 0.2) is 48.5 Å². The molecule has 152 valence electrons. The zero-order valence-corrected chi connectivity index (χ0v) is 17.0. The fourth-order valence-corrected chi connectivity index (χ4v) is 3.54. The molecule has 1 heterocycles. The summed E-state index contributed by atoms with van der Waals surface area (Å²) in [5.41, 5.74) is 1.84. The van der Waals surface area contributed by atoms with Gasteiger partial charge in [-0.25, -0.2) is 4.39 Å². The Morgan fingerprint density at radius 1 is 1.03 bits per heavy atom. The molecule has 0 aromatic heterocycles. The molecule has 7 heteroatoms. The first-order valence-corrected chi connectivity index (χ1v) is 10.0. The van der Waals surface area contributed by atoms with E-state index < -0.39 is 0 Å². The number of amides is 1. The van der Waals surface area contributed by atoms with Crippen LogP contribution in [0.4, 0.5) is 10.1 Å². The molecule has 0 atom stereocenters. The van der Waals surface area contributed by atoms with Crippen molar-refractivity contribution >= 4 is 23.2 Å². The van der Waals surface area contributed by atoms with Crippen molar-refractivity contribution in [2.24, 2.45) is 0 Å². The number of nitriles is 1. The number of hydrogen-bond donors (Lipinski definition) is 0. The van der Waals surface area contributed by atoms with E-state index in [1.807, 2.05) is 24.3 Å². The molecular weight excluding hydrogens is 391 g/mol.